The number of carbonyl (C=O) groups is 2. The smallest absolute Gasteiger partial charge is 0.253 e. The standard InChI is InChI=1S/C16H27N3O4/c20-9-8-19-12-16(2-1-14(19)21)3-6-18(7-4-16)15(22)13-11-17-5-10-23-13/h13,17,20H,1-12H2. The second-order valence-corrected chi connectivity index (χ2v) is 6.93. The number of aliphatic hydroxyl groups excluding tert-OH is 1. The summed E-state index contributed by atoms with van der Waals surface area (Å²) in [6.45, 7) is 4.62. The fourth-order valence-corrected chi connectivity index (χ4v) is 3.96. The molecule has 0 radical (unpaired) electrons. The summed E-state index contributed by atoms with van der Waals surface area (Å²) in [5, 5.41) is 12.3. The quantitative estimate of drug-likeness (QED) is 0.710. The summed E-state index contributed by atoms with van der Waals surface area (Å²) in [5.74, 6) is 0.232. The van der Waals surface area contributed by atoms with Gasteiger partial charge in [-0.2, -0.15) is 0 Å². The summed E-state index contributed by atoms with van der Waals surface area (Å²) in [5.41, 5.74) is 0.117. The van der Waals surface area contributed by atoms with Gasteiger partial charge in [0.1, 0.15) is 6.10 Å². The van der Waals surface area contributed by atoms with Crippen LogP contribution in [0.15, 0.2) is 0 Å². The molecule has 7 nitrogen and oxygen atoms in total. The van der Waals surface area contributed by atoms with Crippen LogP contribution < -0.4 is 5.32 Å². The van der Waals surface area contributed by atoms with E-state index < -0.39 is 0 Å². The number of hydrogen-bond acceptors (Lipinski definition) is 5. The number of rotatable bonds is 3. The molecule has 7 heteroatoms. The van der Waals surface area contributed by atoms with Crippen molar-refractivity contribution in [2.75, 3.05) is 52.5 Å². The number of aliphatic hydroxyl groups is 1. The lowest BCUT2D eigenvalue weighted by Gasteiger charge is -2.47. The van der Waals surface area contributed by atoms with Crippen LogP contribution in [0.25, 0.3) is 0 Å². The summed E-state index contributed by atoms with van der Waals surface area (Å²) in [4.78, 5) is 28.1. The van der Waals surface area contributed by atoms with Gasteiger partial charge in [-0.3, -0.25) is 9.59 Å². The molecule has 2 amide bonds. The molecule has 3 heterocycles. The van der Waals surface area contributed by atoms with E-state index in [1.165, 1.54) is 0 Å². The average Bonchev–Trinajstić information content (AvgIpc) is 2.59. The zero-order chi connectivity index (χ0) is 16.3. The van der Waals surface area contributed by atoms with Crippen LogP contribution in [0.2, 0.25) is 0 Å². The van der Waals surface area contributed by atoms with E-state index in [0.29, 0.717) is 26.1 Å². The van der Waals surface area contributed by atoms with Gasteiger partial charge in [-0.1, -0.05) is 0 Å². The van der Waals surface area contributed by atoms with Crippen LogP contribution in [0.1, 0.15) is 25.7 Å². The number of nitrogens with zero attached hydrogens (tertiary/aromatic N) is 2. The van der Waals surface area contributed by atoms with Crippen LogP contribution in [0.4, 0.5) is 0 Å². The Hall–Kier alpha value is -1.18. The molecule has 0 aromatic heterocycles. The molecule has 0 aromatic rings. The lowest BCUT2D eigenvalue weighted by molar-refractivity contribution is -0.150. The van der Waals surface area contributed by atoms with E-state index in [9.17, 15) is 9.59 Å². The first kappa shape index (κ1) is 16.7. The van der Waals surface area contributed by atoms with Gasteiger partial charge in [-0.05, 0) is 24.7 Å². The number of morpholine rings is 1. The summed E-state index contributed by atoms with van der Waals surface area (Å²) in [6.07, 6.45) is 2.96. The van der Waals surface area contributed by atoms with Crippen molar-refractivity contribution in [1.29, 1.82) is 0 Å². The van der Waals surface area contributed by atoms with Gasteiger partial charge in [0, 0.05) is 45.7 Å². The Morgan fingerprint density at radius 2 is 2.13 bits per heavy atom. The van der Waals surface area contributed by atoms with E-state index in [1.807, 2.05) is 4.90 Å². The molecular formula is C16H27N3O4. The number of piperidine rings is 2. The van der Waals surface area contributed by atoms with Crippen LogP contribution in [0.5, 0.6) is 0 Å². The minimum atomic E-state index is -0.350. The molecule has 1 unspecified atom stereocenters. The Balaban J connectivity index is 1.55. The van der Waals surface area contributed by atoms with Crippen molar-refractivity contribution >= 4 is 11.8 Å². The van der Waals surface area contributed by atoms with Crippen molar-refractivity contribution in [2.45, 2.75) is 31.8 Å². The Kier molecular flexibility index (Phi) is 5.18. The van der Waals surface area contributed by atoms with Crippen LogP contribution in [-0.4, -0.2) is 85.3 Å². The van der Waals surface area contributed by atoms with Crippen LogP contribution in [-0.2, 0) is 14.3 Å². The van der Waals surface area contributed by atoms with E-state index in [0.717, 1.165) is 45.4 Å². The normalized spacial score (nSPS) is 28.2. The molecule has 2 N–H and O–H groups in total. The highest BCUT2D eigenvalue weighted by atomic mass is 16.5. The van der Waals surface area contributed by atoms with Crippen molar-refractivity contribution in [1.82, 2.24) is 15.1 Å². The maximum atomic E-state index is 12.5. The monoisotopic (exact) mass is 325 g/mol. The van der Waals surface area contributed by atoms with Crippen LogP contribution >= 0.6 is 0 Å². The fourth-order valence-electron chi connectivity index (χ4n) is 3.96. The zero-order valence-electron chi connectivity index (χ0n) is 13.6. The number of nitrogens with one attached hydrogen (secondary N) is 1. The largest absolute Gasteiger partial charge is 0.395 e. The number of ether oxygens (including phenoxy) is 1. The zero-order valence-corrected chi connectivity index (χ0v) is 13.6. The highest BCUT2D eigenvalue weighted by Gasteiger charge is 2.42. The fraction of sp³-hybridized carbons (Fsp3) is 0.875. The molecular weight excluding hydrogens is 298 g/mol. The molecule has 23 heavy (non-hydrogen) atoms. The summed E-state index contributed by atoms with van der Waals surface area (Å²) in [7, 11) is 0. The number of likely N-dealkylation sites (tertiary alicyclic amines) is 2. The maximum absolute atomic E-state index is 12.5. The molecule has 0 saturated carbocycles. The molecule has 3 fully saturated rings. The molecule has 3 aliphatic rings. The van der Waals surface area contributed by atoms with E-state index in [-0.39, 0.29) is 29.9 Å². The van der Waals surface area contributed by atoms with Crippen molar-refractivity contribution in [3.05, 3.63) is 0 Å². The SMILES string of the molecule is O=C1CCC2(CCN(C(=O)C3CNCCO3)CC2)CN1CCO. The van der Waals surface area contributed by atoms with Crippen molar-refractivity contribution < 1.29 is 19.4 Å². The van der Waals surface area contributed by atoms with Gasteiger partial charge in [0.25, 0.3) is 5.91 Å². The van der Waals surface area contributed by atoms with E-state index in [2.05, 4.69) is 5.32 Å². The number of hydrogen-bond donors (Lipinski definition) is 2. The van der Waals surface area contributed by atoms with Gasteiger partial charge in [0.05, 0.1) is 13.2 Å². The minimum absolute atomic E-state index is 0.0124. The van der Waals surface area contributed by atoms with Crippen molar-refractivity contribution in [3.63, 3.8) is 0 Å². The van der Waals surface area contributed by atoms with Crippen LogP contribution in [0.3, 0.4) is 0 Å². The number of carbonyl (C=O) groups excluding carboxylic acids is 2. The van der Waals surface area contributed by atoms with Gasteiger partial charge in [0.2, 0.25) is 5.91 Å². The molecule has 3 rings (SSSR count). The predicted octanol–water partition coefficient (Wildman–Crippen LogP) is -0.802. The second kappa shape index (κ2) is 7.15. The lowest BCUT2D eigenvalue weighted by atomic mass is 9.72. The first-order valence-electron chi connectivity index (χ1n) is 8.63. The first-order chi connectivity index (χ1) is 11.1. The third kappa shape index (κ3) is 3.67. The Bertz CT molecular complexity index is 443. The third-order valence-corrected chi connectivity index (χ3v) is 5.46. The molecule has 0 aromatic carbocycles. The third-order valence-electron chi connectivity index (χ3n) is 5.46. The second-order valence-electron chi connectivity index (χ2n) is 6.93. The highest BCUT2D eigenvalue weighted by molar-refractivity contribution is 5.81. The van der Waals surface area contributed by atoms with Crippen molar-refractivity contribution in [3.8, 4) is 0 Å². The number of amides is 2. The van der Waals surface area contributed by atoms with Crippen LogP contribution in [0, 0.1) is 5.41 Å². The summed E-state index contributed by atoms with van der Waals surface area (Å²) < 4.78 is 5.56. The summed E-state index contributed by atoms with van der Waals surface area (Å²) in [6, 6.07) is 0. The highest BCUT2D eigenvalue weighted by Crippen LogP contribution is 2.40. The molecule has 0 aliphatic carbocycles. The molecule has 0 bridgehead atoms. The molecule has 130 valence electrons. The average molecular weight is 325 g/mol. The van der Waals surface area contributed by atoms with Gasteiger partial charge in [-0.15, -0.1) is 0 Å². The van der Waals surface area contributed by atoms with E-state index in [4.69, 9.17) is 9.84 Å². The molecule has 1 atom stereocenters. The van der Waals surface area contributed by atoms with E-state index in [1.54, 1.807) is 4.90 Å². The van der Waals surface area contributed by atoms with Gasteiger partial charge >= 0.3 is 0 Å². The molecule has 1 spiro atoms. The first-order valence-corrected chi connectivity index (χ1v) is 8.63. The Morgan fingerprint density at radius 1 is 1.35 bits per heavy atom. The minimum Gasteiger partial charge on any atom is -0.395 e. The molecule has 3 saturated heterocycles. The Morgan fingerprint density at radius 3 is 2.78 bits per heavy atom. The van der Waals surface area contributed by atoms with Gasteiger partial charge in [0.15, 0.2) is 0 Å². The summed E-state index contributed by atoms with van der Waals surface area (Å²) >= 11 is 0. The maximum Gasteiger partial charge on any atom is 0.253 e. The Labute approximate surface area is 136 Å². The van der Waals surface area contributed by atoms with Crippen molar-refractivity contribution in [2.24, 2.45) is 5.41 Å². The predicted molar refractivity (Wildman–Crippen MR) is 83.8 cm³/mol. The lowest BCUT2D eigenvalue weighted by Crippen LogP contribution is -2.55. The number of β-amino-alcohol motifs (C(OH)–C–C–N with tert-alkyl or cyclic N) is 1. The molecule has 3 aliphatic heterocycles. The topological polar surface area (TPSA) is 82.1 Å². The van der Waals surface area contributed by atoms with E-state index >= 15 is 0 Å². The van der Waals surface area contributed by atoms with Gasteiger partial charge in [-0.25, -0.2) is 0 Å². The van der Waals surface area contributed by atoms with Gasteiger partial charge < -0.3 is 25.0 Å².